The fourth-order valence-corrected chi connectivity index (χ4v) is 3.82. The van der Waals surface area contributed by atoms with Crippen LogP contribution in [0.3, 0.4) is 0 Å². The lowest BCUT2D eigenvalue weighted by molar-refractivity contribution is -0.124. The van der Waals surface area contributed by atoms with Gasteiger partial charge in [0.05, 0.1) is 6.54 Å². The van der Waals surface area contributed by atoms with E-state index in [-0.39, 0.29) is 23.3 Å². The van der Waals surface area contributed by atoms with Gasteiger partial charge in [-0.05, 0) is 34.9 Å². The molecule has 0 radical (unpaired) electrons. The monoisotopic (exact) mass is 362 g/mol. The third-order valence-electron chi connectivity index (χ3n) is 4.64. The van der Waals surface area contributed by atoms with Crippen LogP contribution in [-0.2, 0) is 10.2 Å². The van der Waals surface area contributed by atoms with Gasteiger partial charge in [-0.2, -0.15) is 0 Å². The largest absolute Gasteiger partial charge is 0.491 e. The minimum absolute atomic E-state index is 0.0119. The molecular formula is C21H34N2O3. The SMILES string of the molecule is CC(C)(C)CC(C)(C)c1ccc(OCC(O)CN2CCNC(=O)C2)cc1. The van der Waals surface area contributed by atoms with E-state index in [4.69, 9.17) is 4.74 Å². The van der Waals surface area contributed by atoms with Crippen molar-refractivity contribution in [3.05, 3.63) is 29.8 Å². The minimum atomic E-state index is -0.613. The quantitative estimate of drug-likeness (QED) is 0.783. The predicted molar refractivity (Wildman–Crippen MR) is 104 cm³/mol. The summed E-state index contributed by atoms with van der Waals surface area (Å²) < 4.78 is 5.73. The van der Waals surface area contributed by atoms with E-state index >= 15 is 0 Å². The zero-order valence-electron chi connectivity index (χ0n) is 16.8. The van der Waals surface area contributed by atoms with Gasteiger partial charge in [-0.3, -0.25) is 9.69 Å². The molecule has 0 bridgehead atoms. The van der Waals surface area contributed by atoms with Gasteiger partial charge in [0.2, 0.25) is 5.91 Å². The Hall–Kier alpha value is -1.59. The number of hydrogen-bond donors (Lipinski definition) is 2. The van der Waals surface area contributed by atoms with Crippen molar-refractivity contribution < 1.29 is 14.6 Å². The Morgan fingerprint density at radius 3 is 2.42 bits per heavy atom. The van der Waals surface area contributed by atoms with E-state index in [1.54, 1.807) is 0 Å². The molecule has 1 saturated heterocycles. The number of amides is 1. The topological polar surface area (TPSA) is 61.8 Å². The summed E-state index contributed by atoms with van der Waals surface area (Å²) in [6, 6.07) is 8.17. The number of hydrogen-bond acceptors (Lipinski definition) is 4. The second kappa shape index (κ2) is 8.40. The molecule has 1 amide bonds. The number of piperazine rings is 1. The van der Waals surface area contributed by atoms with Gasteiger partial charge in [0, 0.05) is 19.6 Å². The molecule has 5 heteroatoms. The van der Waals surface area contributed by atoms with Crippen molar-refractivity contribution in [2.24, 2.45) is 5.41 Å². The van der Waals surface area contributed by atoms with Gasteiger partial charge in [0.25, 0.3) is 0 Å². The van der Waals surface area contributed by atoms with Crippen molar-refractivity contribution in [2.45, 2.75) is 52.6 Å². The number of ether oxygens (including phenoxy) is 1. The first-order chi connectivity index (χ1) is 12.0. The maximum atomic E-state index is 11.4. The van der Waals surface area contributed by atoms with Gasteiger partial charge in [0.1, 0.15) is 18.5 Å². The lowest BCUT2D eigenvalue weighted by Crippen LogP contribution is -2.50. The van der Waals surface area contributed by atoms with E-state index in [9.17, 15) is 9.90 Å². The van der Waals surface area contributed by atoms with E-state index in [0.717, 1.165) is 18.7 Å². The van der Waals surface area contributed by atoms with Gasteiger partial charge >= 0.3 is 0 Å². The molecule has 1 heterocycles. The second-order valence-corrected chi connectivity index (χ2v) is 9.20. The molecule has 146 valence electrons. The number of carbonyl (C=O) groups is 1. The number of benzene rings is 1. The van der Waals surface area contributed by atoms with E-state index < -0.39 is 6.10 Å². The van der Waals surface area contributed by atoms with Crippen molar-refractivity contribution in [1.82, 2.24) is 10.2 Å². The Balaban J connectivity index is 1.84. The van der Waals surface area contributed by atoms with Crippen molar-refractivity contribution in [3.63, 3.8) is 0 Å². The first-order valence-electron chi connectivity index (χ1n) is 9.46. The van der Waals surface area contributed by atoms with E-state index in [2.05, 4.69) is 52.1 Å². The van der Waals surface area contributed by atoms with Gasteiger partial charge < -0.3 is 15.2 Å². The average Bonchev–Trinajstić information content (AvgIpc) is 2.51. The standard InChI is InChI=1S/C21H34N2O3/c1-20(2,3)15-21(4,5)16-6-8-18(9-7-16)26-14-17(24)12-23-11-10-22-19(25)13-23/h6-9,17,24H,10-15H2,1-5H3,(H,22,25). The number of aliphatic hydroxyl groups excluding tert-OH is 1. The lowest BCUT2D eigenvalue weighted by atomic mass is 9.72. The normalized spacial score (nSPS) is 17.7. The Morgan fingerprint density at radius 2 is 1.85 bits per heavy atom. The number of aliphatic hydroxyl groups is 1. The Bertz CT molecular complexity index is 590. The summed E-state index contributed by atoms with van der Waals surface area (Å²) >= 11 is 0. The van der Waals surface area contributed by atoms with Gasteiger partial charge in [0.15, 0.2) is 0 Å². The molecule has 2 N–H and O–H groups in total. The fourth-order valence-electron chi connectivity index (χ4n) is 3.82. The number of carbonyl (C=O) groups excluding carboxylic acids is 1. The molecule has 1 unspecified atom stereocenters. The van der Waals surface area contributed by atoms with E-state index in [1.165, 1.54) is 5.56 Å². The maximum absolute atomic E-state index is 11.4. The highest BCUT2D eigenvalue weighted by molar-refractivity contribution is 5.78. The van der Waals surface area contributed by atoms with Crippen molar-refractivity contribution in [1.29, 1.82) is 0 Å². The number of nitrogens with zero attached hydrogens (tertiary/aromatic N) is 1. The number of rotatable bonds is 7. The molecule has 1 aromatic rings. The Morgan fingerprint density at radius 1 is 1.19 bits per heavy atom. The molecule has 0 aromatic heterocycles. The summed E-state index contributed by atoms with van der Waals surface area (Å²) in [5, 5.41) is 12.9. The van der Waals surface area contributed by atoms with Crippen LogP contribution in [0.25, 0.3) is 0 Å². The lowest BCUT2D eigenvalue weighted by Gasteiger charge is -2.33. The van der Waals surface area contributed by atoms with Crippen molar-refractivity contribution in [3.8, 4) is 5.75 Å². The van der Waals surface area contributed by atoms with Crippen LogP contribution in [0.15, 0.2) is 24.3 Å². The molecule has 1 aliphatic heterocycles. The third-order valence-corrected chi connectivity index (χ3v) is 4.64. The highest BCUT2D eigenvalue weighted by Crippen LogP contribution is 2.36. The van der Waals surface area contributed by atoms with Crippen LogP contribution in [0.1, 0.15) is 46.6 Å². The molecule has 0 spiro atoms. The van der Waals surface area contributed by atoms with Crippen LogP contribution in [0.2, 0.25) is 0 Å². The van der Waals surface area contributed by atoms with Crippen LogP contribution in [0.5, 0.6) is 5.75 Å². The summed E-state index contributed by atoms with van der Waals surface area (Å²) in [5.41, 5.74) is 1.67. The smallest absolute Gasteiger partial charge is 0.234 e. The van der Waals surface area contributed by atoms with Crippen LogP contribution < -0.4 is 10.1 Å². The Labute approximate surface area is 157 Å². The Kier molecular flexibility index (Phi) is 6.69. The average molecular weight is 363 g/mol. The first-order valence-corrected chi connectivity index (χ1v) is 9.46. The molecule has 1 aliphatic rings. The van der Waals surface area contributed by atoms with Gasteiger partial charge in [-0.15, -0.1) is 0 Å². The summed E-state index contributed by atoms with van der Waals surface area (Å²) in [7, 11) is 0. The molecule has 2 rings (SSSR count). The first kappa shape index (κ1) is 20.7. The highest BCUT2D eigenvalue weighted by atomic mass is 16.5. The summed E-state index contributed by atoms with van der Waals surface area (Å²) in [5.74, 6) is 0.772. The van der Waals surface area contributed by atoms with Crippen molar-refractivity contribution >= 4 is 5.91 Å². The number of β-amino-alcohol motifs (C(OH)–C–C–N with tert-alkyl or cyclic N) is 1. The molecule has 26 heavy (non-hydrogen) atoms. The maximum Gasteiger partial charge on any atom is 0.234 e. The summed E-state index contributed by atoms with van der Waals surface area (Å²) in [6.45, 7) is 13.7. The zero-order chi connectivity index (χ0) is 19.4. The number of nitrogens with one attached hydrogen (secondary N) is 1. The molecule has 1 aromatic carbocycles. The van der Waals surface area contributed by atoms with Crippen LogP contribution in [-0.4, -0.2) is 54.8 Å². The highest BCUT2D eigenvalue weighted by Gasteiger charge is 2.27. The molecule has 1 atom stereocenters. The predicted octanol–water partition coefficient (Wildman–Crippen LogP) is 2.57. The minimum Gasteiger partial charge on any atom is -0.491 e. The van der Waals surface area contributed by atoms with Crippen LogP contribution in [0, 0.1) is 5.41 Å². The molecule has 0 saturated carbocycles. The summed E-state index contributed by atoms with van der Waals surface area (Å²) in [4.78, 5) is 13.3. The fraction of sp³-hybridized carbons (Fsp3) is 0.667. The van der Waals surface area contributed by atoms with E-state index in [1.807, 2.05) is 17.0 Å². The second-order valence-electron chi connectivity index (χ2n) is 9.20. The summed E-state index contributed by atoms with van der Waals surface area (Å²) in [6.07, 6.45) is 0.486. The van der Waals surface area contributed by atoms with Gasteiger partial charge in [-0.1, -0.05) is 46.8 Å². The van der Waals surface area contributed by atoms with Crippen molar-refractivity contribution in [2.75, 3.05) is 32.8 Å². The molecule has 1 fully saturated rings. The van der Waals surface area contributed by atoms with E-state index in [0.29, 0.717) is 19.6 Å². The molecule has 0 aliphatic carbocycles. The molecule has 5 nitrogen and oxygen atoms in total. The zero-order valence-corrected chi connectivity index (χ0v) is 16.8. The third kappa shape index (κ3) is 6.61. The van der Waals surface area contributed by atoms with Crippen LogP contribution >= 0.6 is 0 Å². The van der Waals surface area contributed by atoms with Gasteiger partial charge in [-0.25, -0.2) is 0 Å². The molecular weight excluding hydrogens is 328 g/mol. The van der Waals surface area contributed by atoms with Crippen LogP contribution in [0.4, 0.5) is 0 Å².